The molecule has 1 saturated carbocycles. The topological polar surface area (TPSA) is 70.6 Å². The summed E-state index contributed by atoms with van der Waals surface area (Å²) in [5.41, 5.74) is 0.853. The lowest BCUT2D eigenvalue weighted by atomic mass is 9.78. The van der Waals surface area contributed by atoms with Gasteiger partial charge in [0.05, 0.1) is 12.3 Å². The molecule has 1 amide bonds. The molecule has 7 nitrogen and oxygen atoms in total. The van der Waals surface area contributed by atoms with Crippen molar-refractivity contribution in [3.8, 4) is 0 Å². The Morgan fingerprint density at radius 1 is 1.28 bits per heavy atom. The van der Waals surface area contributed by atoms with Gasteiger partial charge in [-0.25, -0.2) is 9.97 Å². The van der Waals surface area contributed by atoms with Crippen molar-refractivity contribution in [1.29, 1.82) is 0 Å². The maximum Gasteiger partial charge on any atom is 0.207 e. The molecule has 0 spiro atoms. The molecule has 1 saturated heterocycles. The second kappa shape index (κ2) is 9.39. The lowest BCUT2D eigenvalue weighted by Crippen LogP contribution is -2.53. The second-order valence-corrected chi connectivity index (χ2v) is 9.66. The Bertz CT molecular complexity index is 684. The lowest BCUT2D eigenvalue weighted by molar-refractivity contribution is -0.110. The first-order valence-corrected chi connectivity index (χ1v) is 10.9. The first-order valence-electron chi connectivity index (χ1n) is 10.9. The molecule has 1 aliphatic heterocycles. The zero-order valence-corrected chi connectivity index (χ0v) is 18.6. The number of anilines is 1. The molecule has 1 N–H and O–H groups in total. The SMILES string of the molecule is COCc1cc(N2CCN(CCC3CC(NC=O)C3)C(C)C2)nc(C(C)(C)C)n1. The average Bonchev–Trinajstić information content (AvgIpc) is 2.63. The van der Waals surface area contributed by atoms with Crippen molar-refractivity contribution in [1.82, 2.24) is 20.2 Å². The molecule has 29 heavy (non-hydrogen) atoms. The molecule has 2 fully saturated rings. The minimum Gasteiger partial charge on any atom is -0.378 e. The van der Waals surface area contributed by atoms with Crippen LogP contribution in [0, 0.1) is 5.92 Å². The molecule has 1 atom stereocenters. The third-order valence-corrected chi connectivity index (χ3v) is 6.18. The summed E-state index contributed by atoms with van der Waals surface area (Å²) in [6.07, 6.45) is 4.32. The monoisotopic (exact) mass is 403 g/mol. The molecule has 2 heterocycles. The van der Waals surface area contributed by atoms with Crippen LogP contribution in [0.25, 0.3) is 0 Å². The van der Waals surface area contributed by atoms with Gasteiger partial charge in [-0.2, -0.15) is 0 Å². The highest BCUT2D eigenvalue weighted by Gasteiger charge is 2.31. The molecule has 1 unspecified atom stereocenters. The first-order chi connectivity index (χ1) is 13.8. The van der Waals surface area contributed by atoms with Crippen molar-refractivity contribution in [2.75, 3.05) is 38.2 Å². The summed E-state index contributed by atoms with van der Waals surface area (Å²) >= 11 is 0. The molecule has 1 aliphatic carbocycles. The van der Waals surface area contributed by atoms with Crippen LogP contribution >= 0.6 is 0 Å². The Labute approximate surface area is 175 Å². The van der Waals surface area contributed by atoms with Gasteiger partial charge >= 0.3 is 0 Å². The quantitative estimate of drug-likeness (QED) is 0.672. The molecule has 1 aromatic rings. The van der Waals surface area contributed by atoms with Crippen LogP contribution in [0.15, 0.2) is 6.07 Å². The summed E-state index contributed by atoms with van der Waals surface area (Å²) in [5, 5.41) is 2.89. The minimum absolute atomic E-state index is 0.0920. The largest absolute Gasteiger partial charge is 0.378 e. The second-order valence-electron chi connectivity index (χ2n) is 9.66. The number of aromatic nitrogens is 2. The summed E-state index contributed by atoms with van der Waals surface area (Å²) in [7, 11) is 1.71. The van der Waals surface area contributed by atoms with E-state index in [-0.39, 0.29) is 5.41 Å². The van der Waals surface area contributed by atoms with E-state index in [0.29, 0.717) is 18.7 Å². The highest BCUT2D eigenvalue weighted by molar-refractivity contribution is 5.47. The fraction of sp³-hybridized carbons (Fsp3) is 0.773. The number of hydrogen-bond acceptors (Lipinski definition) is 6. The van der Waals surface area contributed by atoms with Crippen LogP contribution < -0.4 is 10.2 Å². The van der Waals surface area contributed by atoms with E-state index in [0.717, 1.165) is 68.7 Å². The van der Waals surface area contributed by atoms with Crippen LogP contribution in [0.4, 0.5) is 5.82 Å². The van der Waals surface area contributed by atoms with E-state index in [1.807, 2.05) is 0 Å². The molecule has 3 rings (SSSR count). The summed E-state index contributed by atoms with van der Waals surface area (Å²) in [6.45, 7) is 13.4. The Kier molecular flexibility index (Phi) is 7.11. The molecule has 1 aromatic heterocycles. The van der Waals surface area contributed by atoms with Crippen molar-refractivity contribution >= 4 is 12.2 Å². The number of carbonyl (C=O) groups excluding carboxylic acids is 1. The molecule has 0 radical (unpaired) electrons. The van der Waals surface area contributed by atoms with Crippen molar-refractivity contribution in [3.05, 3.63) is 17.6 Å². The molecule has 0 bridgehead atoms. The lowest BCUT2D eigenvalue weighted by Gasteiger charge is -2.42. The molecular formula is C22H37N5O2. The zero-order valence-electron chi connectivity index (χ0n) is 18.6. The minimum atomic E-state index is -0.0920. The molecular weight excluding hydrogens is 366 g/mol. The molecule has 2 aliphatic rings. The maximum atomic E-state index is 10.5. The number of amides is 1. The summed E-state index contributed by atoms with van der Waals surface area (Å²) in [5.74, 6) is 2.65. The van der Waals surface area contributed by atoms with Gasteiger partial charge in [-0.1, -0.05) is 20.8 Å². The van der Waals surface area contributed by atoms with Crippen LogP contribution in [0.2, 0.25) is 0 Å². The molecule has 7 heteroatoms. The number of hydrogen-bond donors (Lipinski definition) is 1. The zero-order chi connectivity index (χ0) is 21.0. The van der Waals surface area contributed by atoms with E-state index in [1.165, 1.54) is 6.42 Å². The number of methoxy groups -OCH3 is 1. The van der Waals surface area contributed by atoms with E-state index in [4.69, 9.17) is 14.7 Å². The highest BCUT2D eigenvalue weighted by Crippen LogP contribution is 2.31. The number of nitrogens with zero attached hydrogens (tertiary/aromatic N) is 4. The van der Waals surface area contributed by atoms with Crippen molar-refractivity contribution in [3.63, 3.8) is 0 Å². The molecule has 162 valence electrons. The van der Waals surface area contributed by atoms with Crippen LogP contribution in [-0.4, -0.2) is 66.7 Å². The van der Waals surface area contributed by atoms with Crippen molar-refractivity contribution in [2.45, 2.75) is 71.1 Å². The standard InChI is InChI=1S/C22H37N5O2/c1-16-13-27(9-8-26(16)7-6-17-10-18(11-17)23-15-28)20-12-19(14-29-5)24-21(25-20)22(2,3)4/h12,15-18H,6-11,13-14H2,1-5H3,(H,23,28). The van der Waals surface area contributed by atoms with Gasteiger partial charge in [-0.15, -0.1) is 0 Å². The van der Waals surface area contributed by atoms with Gasteiger partial charge in [0.25, 0.3) is 0 Å². The summed E-state index contributed by atoms with van der Waals surface area (Å²) < 4.78 is 5.33. The van der Waals surface area contributed by atoms with Gasteiger partial charge in [0, 0.05) is 50.3 Å². The van der Waals surface area contributed by atoms with Crippen LogP contribution in [0.1, 0.15) is 58.5 Å². The van der Waals surface area contributed by atoms with E-state index in [9.17, 15) is 4.79 Å². The fourth-order valence-electron chi connectivity index (χ4n) is 4.29. The Balaban J connectivity index is 1.57. The van der Waals surface area contributed by atoms with E-state index in [1.54, 1.807) is 7.11 Å². The van der Waals surface area contributed by atoms with E-state index in [2.05, 4.69) is 48.9 Å². The van der Waals surface area contributed by atoms with Crippen molar-refractivity contribution < 1.29 is 9.53 Å². The summed E-state index contributed by atoms with van der Waals surface area (Å²) in [6, 6.07) is 2.98. The van der Waals surface area contributed by atoms with Gasteiger partial charge < -0.3 is 15.0 Å². The smallest absolute Gasteiger partial charge is 0.207 e. The third-order valence-electron chi connectivity index (χ3n) is 6.18. The first kappa shape index (κ1) is 22.0. The van der Waals surface area contributed by atoms with Gasteiger partial charge in [0.1, 0.15) is 11.6 Å². The number of nitrogens with one attached hydrogen (secondary N) is 1. The number of ether oxygens (including phenoxy) is 1. The van der Waals surface area contributed by atoms with Crippen molar-refractivity contribution in [2.24, 2.45) is 5.92 Å². The predicted octanol–water partition coefficient (Wildman–Crippen LogP) is 2.35. The van der Waals surface area contributed by atoms with Gasteiger partial charge in [-0.3, -0.25) is 9.69 Å². The molecule has 0 aromatic carbocycles. The fourth-order valence-corrected chi connectivity index (χ4v) is 4.29. The number of carbonyl (C=O) groups is 1. The maximum absolute atomic E-state index is 10.5. The van der Waals surface area contributed by atoms with Gasteiger partial charge in [0.2, 0.25) is 6.41 Å². The van der Waals surface area contributed by atoms with Crippen LogP contribution in [-0.2, 0) is 21.6 Å². The Hall–Kier alpha value is -1.73. The predicted molar refractivity (Wildman–Crippen MR) is 115 cm³/mol. The highest BCUT2D eigenvalue weighted by atomic mass is 16.5. The van der Waals surface area contributed by atoms with E-state index < -0.39 is 0 Å². The third kappa shape index (κ3) is 5.66. The average molecular weight is 404 g/mol. The van der Waals surface area contributed by atoms with Gasteiger partial charge in [0.15, 0.2) is 0 Å². The number of rotatable bonds is 8. The van der Waals surface area contributed by atoms with Gasteiger partial charge in [-0.05, 0) is 38.6 Å². The van der Waals surface area contributed by atoms with E-state index >= 15 is 0 Å². The van der Waals surface area contributed by atoms with Crippen LogP contribution in [0.5, 0.6) is 0 Å². The Morgan fingerprint density at radius 3 is 2.66 bits per heavy atom. The number of piperazine rings is 1. The summed E-state index contributed by atoms with van der Waals surface area (Å²) in [4.78, 5) is 25.1. The Morgan fingerprint density at radius 2 is 2.03 bits per heavy atom. The normalized spacial score (nSPS) is 25.6. The van der Waals surface area contributed by atoms with Crippen LogP contribution in [0.3, 0.4) is 0 Å².